The van der Waals surface area contributed by atoms with E-state index in [2.05, 4.69) is 0 Å². The Kier molecular flexibility index (Phi) is 3.44. The molecule has 0 aromatic heterocycles. The van der Waals surface area contributed by atoms with Crippen LogP contribution in [0, 0.1) is 11.8 Å². The summed E-state index contributed by atoms with van der Waals surface area (Å²) in [4.78, 5) is 37.3. The molecule has 5 N–H and O–H groups in total. The summed E-state index contributed by atoms with van der Waals surface area (Å²) in [5, 5.41) is 33.4. The zero-order valence-electron chi connectivity index (χ0n) is 15.2. The van der Waals surface area contributed by atoms with Crippen molar-refractivity contribution in [3.8, 4) is 5.75 Å². The van der Waals surface area contributed by atoms with E-state index >= 15 is 0 Å². The molecule has 1 amide bonds. The van der Waals surface area contributed by atoms with Crippen molar-refractivity contribution in [3.63, 3.8) is 0 Å². The van der Waals surface area contributed by atoms with E-state index in [1.54, 1.807) is 6.07 Å². The van der Waals surface area contributed by atoms with Gasteiger partial charge in [0.2, 0.25) is 0 Å². The van der Waals surface area contributed by atoms with Crippen molar-refractivity contribution in [3.05, 3.63) is 58.4 Å². The summed E-state index contributed by atoms with van der Waals surface area (Å²) in [5.74, 6) is -5.41. The number of carbonyl (C=O) groups is 3. The first-order valence-electron chi connectivity index (χ1n) is 9.29. The van der Waals surface area contributed by atoms with Gasteiger partial charge in [-0.3, -0.25) is 14.4 Å². The van der Waals surface area contributed by atoms with Gasteiger partial charge in [-0.25, -0.2) is 0 Å². The van der Waals surface area contributed by atoms with Gasteiger partial charge < -0.3 is 21.1 Å². The number of aliphatic hydroxyl groups excluding tert-OH is 2. The first kappa shape index (κ1) is 17.5. The Morgan fingerprint density at radius 2 is 1.83 bits per heavy atom. The molecule has 3 aliphatic rings. The predicted molar refractivity (Wildman–Crippen MR) is 103 cm³/mol. The molecular weight excluding hydrogens is 374 g/mol. The number of ketones is 2. The smallest absolute Gasteiger partial charge is 0.255 e. The fourth-order valence-electron chi connectivity index (χ4n) is 5.19. The van der Waals surface area contributed by atoms with E-state index < -0.39 is 46.6 Å². The molecule has 3 aliphatic carbocycles. The van der Waals surface area contributed by atoms with Gasteiger partial charge in [-0.15, -0.1) is 0 Å². The van der Waals surface area contributed by atoms with Crippen molar-refractivity contribution in [2.75, 3.05) is 0 Å². The van der Waals surface area contributed by atoms with Gasteiger partial charge >= 0.3 is 0 Å². The number of nitrogens with two attached hydrogens (primary N) is 1. The van der Waals surface area contributed by atoms with E-state index in [1.165, 1.54) is 6.07 Å². The molecule has 0 aliphatic heterocycles. The van der Waals surface area contributed by atoms with E-state index in [0.29, 0.717) is 11.8 Å². The highest BCUT2D eigenvalue weighted by Crippen LogP contribution is 2.54. The maximum atomic E-state index is 13.4. The standard InChI is InChI=1S/C22H17NO6/c23-22(29)18-13(25)7-9-6-11-10-3-1-2-8-4-5-12(24)17(14(8)10)21(28)16(11)19(26)15(9)20(18)27/h1-5,9,11,15,24,27-28H,6-7H2,(H2,23,29). The minimum atomic E-state index is -1.12. The third-order valence-electron chi connectivity index (χ3n) is 6.35. The number of rotatable bonds is 1. The van der Waals surface area contributed by atoms with Gasteiger partial charge in [-0.1, -0.05) is 24.3 Å². The van der Waals surface area contributed by atoms with Crippen molar-refractivity contribution in [2.24, 2.45) is 17.6 Å². The van der Waals surface area contributed by atoms with Crippen LogP contribution < -0.4 is 5.73 Å². The number of hydrogen-bond acceptors (Lipinski definition) is 6. The number of aromatic hydroxyl groups is 1. The van der Waals surface area contributed by atoms with Crippen LogP contribution in [-0.2, 0) is 14.4 Å². The Labute approximate surface area is 164 Å². The Morgan fingerprint density at radius 3 is 2.55 bits per heavy atom. The van der Waals surface area contributed by atoms with E-state index in [0.717, 1.165) is 10.9 Å². The molecule has 0 saturated heterocycles. The Balaban J connectivity index is 1.77. The van der Waals surface area contributed by atoms with Crippen LogP contribution in [0.3, 0.4) is 0 Å². The third-order valence-corrected chi connectivity index (χ3v) is 6.35. The summed E-state index contributed by atoms with van der Waals surface area (Å²) >= 11 is 0. The molecule has 3 atom stereocenters. The molecule has 1 saturated carbocycles. The molecule has 7 heteroatoms. The molecule has 0 radical (unpaired) electrons. The predicted octanol–water partition coefficient (Wildman–Crippen LogP) is 2.39. The first-order chi connectivity index (χ1) is 13.8. The summed E-state index contributed by atoms with van der Waals surface area (Å²) < 4.78 is 0. The molecule has 3 unspecified atom stereocenters. The maximum Gasteiger partial charge on any atom is 0.255 e. The number of hydrogen-bond donors (Lipinski definition) is 4. The molecule has 2 aromatic rings. The van der Waals surface area contributed by atoms with Gasteiger partial charge in [0.25, 0.3) is 5.91 Å². The number of primary amides is 1. The molecule has 0 heterocycles. The minimum absolute atomic E-state index is 0.0772. The first-order valence-corrected chi connectivity index (χ1v) is 9.29. The Hall–Kier alpha value is -3.61. The number of phenols is 1. The molecule has 0 bridgehead atoms. The number of phenolic OH excluding ortho intramolecular Hbond substituents is 1. The number of allylic oxidation sites excluding steroid dienone is 2. The normalized spacial score (nSPS) is 25.9. The lowest BCUT2D eigenvalue weighted by Gasteiger charge is -2.41. The van der Waals surface area contributed by atoms with Crippen LogP contribution in [0.15, 0.2) is 47.2 Å². The number of amides is 1. The summed E-state index contributed by atoms with van der Waals surface area (Å²) in [6, 6.07) is 8.72. The second-order valence-electron chi connectivity index (χ2n) is 7.81. The maximum absolute atomic E-state index is 13.4. The van der Waals surface area contributed by atoms with Gasteiger partial charge in [0.05, 0.1) is 11.5 Å². The summed E-state index contributed by atoms with van der Waals surface area (Å²) in [5.41, 5.74) is 5.73. The van der Waals surface area contributed by atoms with Crippen molar-refractivity contribution >= 4 is 34.0 Å². The van der Waals surface area contributed by atoms with E-state index in [-0.39, 0.29) is 29.1 Å². The quantitative estimate of drug-likeness (QED) is 0.551. The van der Waals surface area contributed by atoms with Crippen molar-refractivity contribution in [2.45, 2.75) is 18.8 Å². The van der Waals surface area contributed by atoms with E-state index in [9.17, 15) is 29.7 Å². The highest BCUT2D eigenvalue weighted by molar-refractivity contribution is 6.22. The number of aliphatic hydroxyl groups is 2. The fourth-order valence-corrected chi connectivity index (χ4v) is 5.19. The SMILES string of the molecule is NC(=O)C1=C(O)C2C(=O)C3=C(O)c4c(O)ccc5cccc(c45)C3CC2CC1=O. The average Bonchev–Trinajstić information content (AvgIpc) is 2.65. The number of carbonyl (C=O) groups excluding carboxylic acids is 3. The molecule has 0 spiro atoms. The zero-order chi connectivity index (χ0) is 20.6. The van der Waals surface area contributed by atoms with Gasteiger partial charge in [-0.2, -0.15) is 0 Å². The Morgan fingerprint density at radius 1 is 1.07 bits per heavy atom. The molecule has 146 valence electrons. The highest BCUT2D eigenvalue weighted by Gasteiger charge is 2.51. The lowest BCUT2D eigenvalue weighted by molar-refractivity contribution is -0.127. The molecule has 29 heavy (non-hydrogen) atoms. The zero-order valence-corrected chi connectivity index (χ0v) is 15.2. The summed E-state index contributed by atoms with van der Waals surface area (Å²) in [7, 11) is 0. The van der Waals surface area contributed by atoms with Crippen LogP contribution in [0.25, 0.3) is 16.5 Å². The summed E-state index contributed by atoms with van der Waals surface area (Å²) in [6.07, 6.45) is 0.262. The van der Waals surface area contributed by atoms with Gasteiger partial charge in [-0.05, 0) is 29.4 Å². The Bertz CT molecular complexity index is 1220. The number of fused-ring (bicyclic) bond motifs is 3. The second-order valence-corrected chi connectivity index (χ2v) is 7.81. The lowest BCUT2D eigenvalue weighted by Crippen LogP contribution is -2.43. The largest absolute Gasteiger partial charge is 0.511 e. The van der Waals surface area contributed by atoms with Crippen LogP contribution in [0.5, 0.6) is 5.75 Å². The van der Waals surface area contributed by atoms with E-state index in [1.807, 2.05) is 18.2 Å². The molecule has 1 fully saturated rings. The van der Waals surface area contributed by atoms with Gasteiger partial charge in [0.1, 0.15) is 22.8 Å². The molecule has 7 nitrogen and oxygen atoms in total. The monoisotopic (exact) mass is 391 g/mol. The topological polar surface area (TPSA) is 138 Å². The second kappa shape index (κ2) is 5.70. The minimum Gasteiger partial charge on any atom is -0.511 e. The van der Waals surface area contributed by atoms with Crippen molar-refractivity contribution < 1.29 is 29.7 Å². The van der Waals surface area contributed by atoms with Gasteiger partial charge in [0.15, 0.2) is 11.6 Å². The van der Waals surface area contributed by atoms with Crippen molar-refractivity contribution in [1.29, 1.82) is 0 Å². The van der Waals surface area contributed by atoms with Crippen LogP contribution >= 0.6 is 0 Å². The number of benzene rings is 2. The van der Waals surface area contributed by atoms with Crippen LogP contribution in [-0.4, -0.2) is 32.8 Å². The third kappa shape index (κ3) is 2.15. The molecule has 2 aromatic carbocycles. The summed E-state index contributed by atoms with van der Waals surface area (Å²) in [6.45, 7) is 0. The van der Waals surface area contributed by atoms with Crippen molar-refractivity contribution in [1.82, 2.24) is 0 Å². The lowest BCUT2D eigenvalue weighted by atomic mass is 9.61. The van der Waals surface area contributed by atoms with E-state index in [4.69, 9.17) is 5.73 Å². The molecule has 5 rings (SSSR count). The molecular formula is C22H17NO6. The highest BCUT2D eigenvalue weighted by atomic mass is 16.3. The van der Waals surface area contributed by atoms with Gasteiger partial charge in [0, 0.05) is 23.3 Å². The average molecular weight is 391 g/mol. The van der Waals surface area contributed by atoms with Crippen LogP contribution in [0.4, 0.5) is 0 Å². The van der Waals surface area contributed by atoms with Crippen LogP contribution in [0.2, 0.25) is 0 Å². The van der Waals surface area contributed by atoms with Crippen LogP contribution in [0.1, 0.15) is 29.9 Å². The number of Topliss-reactive ketones (excluding diaryl/α,β-unsaturated/α-hetero) is 2. The fraction of sp³-hybridized carbons (Fsp3) is 0.227.